The Morgan fingerprint density at radius 2 is 2.18 bits per heavy atom. The molecule has 6 heteroatoms. The molecule has 0 spiro atoms. The first-order chi connectivity index (χ1) is 10.7. The summed E-state index contributed by atoms with van der Waals surface area (Å²) in [7, 11) is 3.25. The van der Waals surface area contributed by atoms with Crippen molar-refractivity contribution in [2.45, 2.75) is 6.54 Å². The van der Waals surface area contributed by atoms with Gasteiger partial charge < -0.3 is 19.1 Å². The monoisotopic (exact) mass is 302 g/mol. The van der Waals surface area contributed by atoms with Gasteiger partial charge in [-0.25, -0.2) is 4.98 Å². The number of methoxy groups -OCH3 is 2. The lowest BCUT2D eigenvalue weighted by atomic mass is 10.1. The van der Waals surface area contributed by atoms with Gasteiger partial charge in [-0.2, -0.15) is 0 Å². The van der Waals surface area contributed by atoms with Crippen LogP contribution in [0.5, 0.6) is 11.6 Å². The normalized spacial score (nSPS) is 14.5. The number of pyridine rings is 1. The maximum absolute atomic E-state index is 12.1. The van der Waals surface area contributed by atoms with Crippen LogP contribution in [0.1, 0.15) is 5.56 Å². The SMILES string of the molecule is COCCN1Cc2cc3cc(OC)ccc3nc2OCC1=O. The number of fused-ring (bicyclic) bond motifs is 2. The molecule has 0 fully saturated rings. The fourth-order valence-corrected chi connectivity index (χ4v) is 2.47. The Labute approximate surface area is 128 Å². The molecule has 116 valence electrons. The summed E-state index contributed by atoms with van der Waals surface area (Å²) >= 11 is 0. The number of aromatic nitrogens is 1. The number of carbonyl (C=O) groups is 1. The van der Waals surface area contributed by atoms with Crippen molar-refractivity contribution in [2.24, 2.45) is 0 Å². The smallest absolute Gasteiger partial charge is 0.260 e. The van der Waals surface area contributed by atoms with E-state index < -0.39 is 0 Å². The lowest BCUT2D eigenvalue weighted by Gasteiger charge is -2.19. The average Bonchev–Trinajstić information content (AvgIpc) is 2.69. The summed E-state index contributed by atoms with van der Waals surface area (Å²) in [5.74, 6) is 1.23. The zero-order valence-electron chi connectivity index (χ0n) is 12.7. The van der Waals surface area contributed by atoms with Gasteiger partial charge in [0.2, 0.25) is 5.88 Å². The third kappa shape index (κ3) is 2.82. The van der Waals surface area contributed by atoms with E-state index in [1.165, 1.54) is 0 Å². The van der Waals surface area contributed by atoms with Crippen LogP contribution in [0.4, 0.5) is 0 Å². The number of ether oxygens (including phenoxy) is 3. The zero-order chi connectivity index (χ0) is 15.5. The topological polar surface area (TPSA) is 60.9 Å². The van der Waals surface area contributed by atoms with Crippen molar-refractivity contribution in [3.05, 3.63) is 29.8 Å². The van der Waals surface area contributed by atoms with Crippen LogP contribution in [0, 0.1) is 0 Å². The van der Waals surface area contributed by atoms with E-state index in [4.69, 9.17) is 14.2 Å². The van der Waals surface area contributed by atoms with Crippen molar-refractivity contribution < 1.29 is 19.0 Å². The quantitative estimate of drug-likeness (QED) is 0.858. The summed E-state index contributed by atoms with van der Waals surface area (Å²) in [5, 5.41) is 0.961. The molecule has 0 radical (unpaired) electrons. The van der Waals surface area contributed by atoms with Crippen LogP contribution in [0.15, 0.2) is 24.3 Å². The van der Waals surface area contributed by atoms with Gasteiger partial charge in [-0.1, -0.05) is 0 Å². The van der Waals surface area contributed by atoms with Gasteiger partial charge in [0.25, 0.3) is 5.91 Å². The molecular formula is C16H18N2O4. The second kappa shape index (κ2) is 6.19. The van der Waals surface area contributed by atoms with Gasteiger partial charge >= 0.3 is 0 Å². The fraction of sp³-hybridized carbons (Fsp3) is 0.375. The lowest BCUT2D eigenvalue weighted by molar-refractivity contribution is -0.133. The summed E-state index contributed by atoms with van der Waals surface area (Å²) in [6.45, 7) is 1.51. The predicted molar refractivity (Wildman–Crippen MR) is 81.1 cm³/mol. The van der Waals surface area contributed by atoms with Gasteiger partial charge in [0, 0.05) is 24.6 Å². The van der Waals surface area contributed by atoms with Crippen molar-refractivity contribution in [1.29, 1.82) is 0 Å². The molecule has 3 rings (SSSR count). The fourth-order valence-electron chi connectivity index (χ4n) is 2.47. The molecule has 1 aliphatic heterocycles. The number of amides is 1. The first-order valence-corrected chi connectivity index (χ1v) is 7.08. The molecule has 0 saturated carbocycles. The van der Waals surface area contributed by atoms with Crippen LogP contribution in [-0.4, -0.2) is 49.8 Å². The van der Waals surface area contributed by atoms with E-state index in [2.05, 4.69) is 4.98 Å². The van der Waals surface area contributed by atoms with Crippen LogP contribution in [0.2, 0.25) is 0 Å². The number of benzene rings is 1. The Hall–Kier alpha value is -2.34. The van der Waals surface area contributed by atoms with Crippen LogP contribution in [0.3, 0.4) is 0 Å². The van der Waals surface area contributed by atoms with E-state index in [0.717, 1.165) is 22.2 Å². The second-order valence-corrected chi connectivity index (χ2v) is 5.11. The summed E-state index contributed by atoms with van der Waals surface area (Å²) in [4.78, 5) is 18.3. The van der Waals surface area contributed by atoms with E-state index in [0.29, 0.717) is 25.6 Å². The molecule has 0 aliphatic carbocycles. The minimum Gasteiger partial charge on any atom is -0.497 e. The molecule has 2 aromatic rings. The van der Waals surface area contributed by atoms with E-state index in [1.807, 2.05) is 24.3 Å². The van der Waals surface area contributed by atoms with E-state index in [1.54, 1.807) is 19.1 Å². The molecule has 22 heavy (non-hydrogen) atoms. The Balaban J connectivity index is 1.97. The number of nitrogens with zero attached hydrogens (tertiary/aromatic N) is 2. The molecule has 1 aromatic carbocycles. The van der Waals surface area contributed by atoms with Gasteiger partial charge in [-0.05, 0) is 24.3 Å². The maximum Gasteiger partial charge on any atom is 0.260 e. The van der Waals surface area contributed by atoms with E-state index in [9.17, 15) is 4.79 Å². The van der Waals surface area contributed by atoms with Crippen LogP contribution < -0.4 is 9.47 Å². The number of carbonyl (C=O) groups excluding carboxylic acids is 1. The minimum absolute atomic E-state index is 0.00533. The Bertz CT molecular complexity index is 702. The van der Waals surface area contributed by atoms with Crippen LogP contribution in [-0.2, 0) is 16.1 Å². The average molecular weight is 302 g/mol. The molecule has 1 aromatic heterocycles. The highest BCUT2D eigenvalue weighted by Crippen LogP contribution is 2.28. The molecular weight excluding hydrogens is 284 g/mol. The Morgan fingerprint density at radius 3 is 2.95 bits per heavy atom. The third-order valence-electron chi connectivity index (χ3n) is 3.67. The zero-order valence-corrected chi connectivity index (χ0v) is 12.7. The molecule has 6 nitrogen and oxygen atoms in total. The van der Waals surface area contributed by atoms with Gasteiger partial charge in [0.15, 0.2) is 6.61 Å². The molecule has 0 atom stereocenters. The summed E-state index contributed by atoms with van der Waals surface area (Å²) < 4.78 is 15.9. The number of rotatable bonds is 4. The highest BCUT2D eigenvalue weighted by Gasteiger charge is 2.22. The summed E-state index contributed by atoms with van der Waals surface area (Å²) in [6.07, 6.45) is 0. The highest BCUT2D eigenvalue weighted by molar-refractivity contribution is 5.83. The van der Waals surface area contributed by atoms with Gasteiger partial charge in [0.1, 0.15) is 5.75 Å². The highest BCUT2D eigenvalue weighted by atomic mass is 16.5. The third-order valence-corrected chi connectivity index (χ3v) is 3.67. The summed E-state index contributed by atoms with van der Waals surface area (Å²) in [5.41, 5.74) is 1.71. The van der Waals surface area contributed by atoms with Crippen LogP contribution in [0.25, 0.3) is 10.9 Å². The van der Waals surface area contributed by atoms with Gasteiger partial charge in [0.05, 0.1) is 25.8 Å². The lowest BCUT2D eigenvalue weighted by Crippen LogP contribution is -2.34. The maximum atomic E-state index is 12.1. The molecule has 1 aliphatic rings. The summed E-state index contributed by atoms with van der Waals surface area (Å²) in [6, 6.07) is 7.66. The second-order valence-electron chi connectivity index (χ2n) is 5.11. The number of hydrogen-bond donors (Lipinski definition) is 0. The predicted octanol–water partition coefficient (Wildman–Crippen LogP) is 1.61. The van der Waals surface area contributed by atoms with Gasteiger partial charge in [-0.3, -0.25) is 4.79 Å². The number of hydrogen-bond acceptors (Lipinski definition) is 5. The minimum atomic E-state index is -0.0586. The molecule has 0 unspecified atom stereocenters. The standard InChI is InChI=1S/C16H18N2O4/c1-20-6-5-18-9-12-7-11-8-13(21-2)3-4-14(11)17-16(12)22-10-15(18)19/h3-4,7-8H,5-6,9-10H2,1-2H3. The molecule has 0 saturated heterocycles. The van der Waals surface area contributed by atoms with Crippen molar-refractivity contribution in [1.82, 2.24) is 9.88 Å². The molecule has 0 bridgehead atoms. The molecule has 2 heterocycles. The van der Waals surface area contributed by atoms with Crippen LogP contribution >= 0.6 is 0 Å². The Kier molecular flexibility index (Phi) is 4.11. The van der Waals surface area contributed by atoms with E-state index in [-0.39, 0.29) is 12.5 Å². The first-order valence-electron chi connectivity index (χ1n) is 7.08. The largest absolute Gasteiger partial charge is 0.497 e. The molecule has 1 amide bonds. The van der Waals surface area contributed by atoms with Crippen molar-refractivity contribution in [2.75, 3.05) is 34.0 Å². The van der Waals surface area contributed by atoms with Crippen molar-refractivity contribution in [3.63, 3.8) is 0 Å². The Morgan fingerprint density at radius 1 is 1.32 bits per heavy atom. The van der Waals surface area contributed by atoms with E-state index >= 15 is 0 Å². The molecule has 0 N–H and O–H groups in total. The van der Waals surface area contributed by atoms with Crippen molar-refractivity contribution >= 4 is 16.8 Å². The van der Waals surface area contributed by atoms with Crippen molar-refractivity contribution in [3.8, 4) is 11.6 Å². The first kappa shape index (κ1) is 14.6. The van der Waals surface area contributed by atoms with Gasteiger partial charge in [-0.15, -0.1) is 0 Å².